The summed E-state index contributed by atoms with van der Waals surface area (Å²) >= 11 is 0. The maximum atomic E-state index is 10.9. The molecule has 6 heteroatoms. The predicted octanol–water partition coefficient (Wildman–Crippen LogP) is 0.508. The highest BCUT2D eigenvalue weighted by molar-refractivity contribution is 5.70. The lowest BCUT2D eigenvalue weighted by atomic mass is 10.3. The maximum absolute atomic E-state index is 10.9. The molecule has 0 spiro atoms. The zero-order valence-electron chi connectivity index (χ0n) is 9.59. The van der Waals surface area contributed by atoms with E-state index in [0.717, 1.165) is 25.3 Å². The fraction of sp³-hybridized carbons (Fsp3) is 0.700. The number of aromatic nitrogens is 3. The molecule has 1 aliphatic rings. The van der Waals surface area contributed by atoms with Crippen molar-refractivity contribution in [2.45, 2.75) is 19.9 Å². The van der Waals surface area contributed by atoms with Gasteiger partial charge >= 0.3 is 0 Å². The number of aldehydes is 1. The lowest BCUT2D eigenvalue weighted by Crippen LogP contribution is -2.38. The first-order valence-electron chi connectivity index (χ1n) is 5.47. The van der Waals surface area contributed by atoms with Crippen molar-refractivity contribution in [3.05, 3.63) is 5.82 Å². The summed E-state index contributed by atoms with van der Waals surface area (Å²) in [5.74, 6) is 1.15. The molecule has 2 heterocycles. The van der Waals surface area contributed by atoms with Crippen LogP contribution in [0.2, 0.25) is 0 Å². The second-order valence-corrected chi connectivity index (χ2v) is 4.04. The Morgan fingerprint density at radius 2 is 2.00 bits per heavy atom. The molecule has 0 radical (unpaired) electrons. The number of hydrogen-bond donors (Lipinski definition) is 0. The van der Waals surface area contributed by atoms with E-state index in [2.05, 4.69) is 15.1 Å². The number of carbonyl (C=O) groups excluding carboxylic acids is 1. The van der Waals surface area contributed by atoms with Gasteiger partial charge in [-0.2, -0.15) is 0 Å². The van der Waals surface area contributed by atoms with E-state index < -0.39 is 0 Å². The normalized spacial score (nSPS) is 16.8. The largest absolute Gasteiger partial charge is 0.378 e. The summed E-state index contributed by atoms with van der Waals surface area (Å²) in [6, 6.07) is 0.174. The Balaban J connectivity index is 2.31. The number of hydrogen-bond acceptors (Lipinski definition) is 5. The van der Waals surface area contributed by atoms with Gasteiger partial charge in [-0.05, 0) is 13.8 Å². The van der Waals surface area contributed by atoms with Crippen LogP contribution in [0.5, 0.6) is 0 Å². The minimum Gasteiger partial charge on any atom is -0.378 e. The molecule has 1 aromatic heterocycles. The molecule has 0 atom stereocenters. The lowest BCUT2D eigenvalue weighted by molar-refractivity contribution is 0.110. The molecule has 1 saturated heterocycles. The van der Waals surface area contributed by atoms with Crippen molar-refractivity contribution in [3.63, 3.8) is 0 Å². The van der Waals surface area contributed by atoms with Crippen molar-refractivity contribution in [1.82, 2.24) is 14.8 Å². The predicted molar refractivity (Wildman–Crippen MR) is 58.8 cm³/mol. The first kappa shape index (κ1) is 11.1. The minimum atomic E-state index is 0.174. The summed E-state index contributed by atoms with van der Waals surface area (Å²) in [6.45, 7) is 7.01. The van der Waals surface area contributed by atoms with Gasteiger partial charge in [-0.1, -0.05) is 0 Å². The summed E-state index contributed by atoms with van der Waals surface area (Å²) < 4.78 is 7.15. The van der Waals surface area contributed by atoms with Crippen LogP contribution in [0.1, 0.15) is 30.5 Å². The second kappa shape index (κ2) is 4.61. The van der Waals surface area contributed by atoms with Gasteiger partial charge in [-0.15, -0.1) is 10.2 Å². The van der Waals surface area contributed by atoms with Crippen molar-refractivity contribution in [2.75, 3.05) is 31.2 Å². The minimum absolute atomic E-state index is 0.174. The van der Waals surface area contributed by atoms with Crippen LogP contribution in [0.3, 0.4) is 0 Å². The zero-order valence-corrected chi connectivity index (χ0v) is 9.59. The highest BCUT2D eigenvalue weighted by Gasteiger charge is 2.21. The molecule has 0 aromatic carbocycles. The molecular weight excluding hydrogens is 208 g/mol. The Bertz CT molecular complexity index is 369. The smallest absolute Gasteiger partial charge is 0.227 e. The van der Waals surface area contributed by atoms with Crippen LogP contribution in [-0.2, 0) is 4.74 Å². The number of carbonyl (C=O) groups is 1. The van der Waals surface area contributed by atoms with Gasteiger partial charge in [0.25, 0.3) is 0 Å². The van der Waals surface area contributed by atoms with E-state index in [1.165, 1.54) is 0 Å². The van der Waals surface area contributed by atoms with Crippen molar-refractivity contribution in [2.24, 2.45) is 0 Å². The Labute approximate surface area is 94.2 Å². The molecule has 1 aliphatic heterocycles. The molecule has 0 unspecified atom stereocenters. The van der Waals surface area contributed by atoms with Gasteiger partial charge in [0.05, 0.1) is 13.2 Å². The summed E-state index contributed by atoms with van der Waals surface area (Å²) in [5.41, 5.74) is 0. The monoisotopic (exact) mass is 224 g/mol. The van der Waals surface area contributed by atoms with Crippen LogP contribution in [0, 0.1) is 0 Å². The Kier molecular flexibility index (Phi) is 3.19. The van der Waals surface area contributed by atoms with Crippen LogP contribution in [0.4, 0.5) is 5.95 Å². The van der Waals surface area contributed by atoms with E-state index >= 15 is 0 Å². The van der Waals surface area contributed by atoms with Gasteiger partial charge in [-0.25, -0.2) is 0 Å². The van der Waals surface area contributed by atoms with E-state index in [4.69, 9.17) is 4.74 Å². The molecule has 0 bridgehead atoms. The van der Waals surface area contributed by atoms with E-state index in [-0.39, 0.29) is 6.04 Å². The highest BCUT2D eigenvalue weighted by atomic mass is 16.5. The van der Waals surface area contributed by atoms with Crippen molar-refractivity contribution in [1.29, 1.82) is 0 Å². The van der Waals surface area contributed by atoms with Gasteiger partial charge < -0.3 is 9.64 Å². The molecular formula is C10H16N4O2. The number of morpholine rings is 1. The van der Waals surface area contributed by atoms with Crippen LogP contribution in [0.15, 0.2) is 0 Å². The van der Waals surface area contributed by atoms with Gasteiger partial charge in [0.2, 0.25) is 5.95 Å². The van der Waals surface area contributed by atoms with Crippen molar-refractivity contribution < 1.29 is 9.53 Å². The van der Waals surface area contributed by atoms with Crippen LogP contribution < -0.4 is 4.90 Å². The molecule has 88 valence electrons. The Morgan fingerprint density at radius 1 is 1.31 bits per heavy atom. The van der Waals surface area contributed by atoms with Gasteiger partial charge in [0.15, 0.2) is 12.1 Å². The third-order valence-corrected chi connectivity index (χ3v) is 2.62. The van der Waals surface area contributed by atoms with Crippen molar-refractivity contribution in [3.8, 4) is 0 Å². The van der Waals surface area contributed by atoms with E-state index in [0.29, 0.717) is 19.0 Å². The zero-order chi connectivity index (χ0) is 11.5. The first-order valence-corrected chi connectivity index (χ1v) is 5.47. The summed E-state index contributed by atoms with van der Waals surface area (Å²) in [5, 5.41) is 7.98. The molecule has 0 aliphatic carbocycles. The van der Waals surface area contributed by atoms with Crippen LogP contribution in [0.25, 0.3) is 0 Å². The molecule has 1 aromatic rings. The number of ether oxygens (including phenoxy) is 1. The summed E-state index contributed by atoms with van der Waals surface area (Å²) in [6.07, 6.45) is 0.747. The number of rotatable bonds is 3. The topological polar surface area (TPSA) is 60.2 Å². The van der Waals surface area contributed by atoms with Gasteiger partial charge in [-0.3, -0.25) is 9.36 Å². The highest BCUT2D eigenvalue weighted by Crippen LogP contribution is 2.19. The van der Waals surface area contributed by atoms with E-state index in [1.54, 1.807) is 0 Å². The summed E-state index contributed by atoms with van der Waals surface area (Å²) in [4.78, 5) is 13.0. The first-order chi connectivity index (χ1) is 7.74. The molecule has 0 saturated carbocycles. The SMILES string of the molecule is CC(C)n1c(C=O)nnc1N1CCOCC1. The van der Waals surface area contributed by atoms with Crippen molar-refractivity contribution >= 4 is 12.2 Å². The van der Waals surface area contributed by atoms with E-state index in [9.17, 15) is 4.79 Å². The average Bonchev–Trinajstić information content (AvgIpc) is 2.73. The van der Waals surface area contributed by atoms with E-state index in [1.807, 2.05) is 18.4 Å². The summed E-state index contributed by atoms with van der Waals surface area (Å²) in [7, 11) is 0. The third kappa shape index (κ3) is 1.92. The van der Waals surface area contributed by atoms with Gasteiger partial charge in [0, 0.05) is 19.1 Å². The molecule has 0 N–H and O–H groups in total. The average molecular weight is 224 g/mol. The standard InChI is InChI=1S/C10H16N4O2/c1-8(2)14-9(7-15)11-12-10(14)13-3-5-16-6-4-13/h7-8H,3-6H2,1-2H3. The number of anilines is 1. The number of nitrogens with zero attached hydrogens (tertiary/aromatic N) is 4. The maximum Gasteiger partial charge on any atom is 0.227 e. The van der Waals surface area contributed by atoms with Crippen LogP contribution >= 0.6 is 0 Å². The molecule has 16 heavy (non-hydrogen) atoms. The molecule has 1 fully saturated rings. The fourth-order valence-electron chi connectivity index (χ4n) is 1.85. The second-order valence-electron chi connectivity index (χ2n) is 4.04. The molecule has 6 nitrogen and oxygen atoms in total. The lowest BCUT2D eigenvalue weighted by Gasteiger charge is -2.28. The fourth-order valence-corrected chi connectivity index (χ4v) is 1.85. The quantitative estimate of drug-likeness (QED) is 0.700. The van der Waals surface area contributed by atoms with Gasteiger partial charge in [0.1, 0.15) is 0 Å². The molecule has 2 rings (SSSR count). The third-order valence-electron chi connectivity index (χ3n) is 2.62. The molecule has 0 amide bonds. The van der Waals surface area contributed by atoms with Crippen LogP contribution in [-0.4, -0.2) is 47.4 Å². The Morgan fingerprint density at radius 3 is 2.56 bits per heavy atom. The Hall–Kier alpha value is -1.43.